The van der Waals surface area contributed by atoms with E-state index in [1.54, 1.807) is 0 Å². The van der Waals surface area contributed by atoms with Crippen LogP contribution in [0.15, 0.2) is 0 Å². The first-order chi connectivity index (χ1) is 4.42. The maximum absolute atomic E-state index is 2.71. The first-order valence-electron chi connectivity index (χ1n) is 3.75. The Morgan fingerprint density at radius 1 is 1.30 bits per heavy atom. The van der Waals surface area contributed by atoms with E-state index in [1.165, 1.54) is 17.4 Å². The standard InChI is InChI=1S/C5H12N.2CH3.HI.Sn/c1-4-5-6(2)3;;;;/h1,4-5H2,2-3H3;2*1H3;1H;/q;;;;+1/p-1. The van der Waals surface area contributed by atoms with Crippen LogP contribution in [0.2, 0.25) is 14.3 Å². The Kier molecular flexibility index (Phi) is 5.96. The van der Waals surface area contributed by atoms with Crippen LogP contribution in [-0.2, 0) is 0 Å². The summed E-state index contributed by atoms with van der Waals surface area (Å²) >= 11 is 1.29. The number of halogens is 1. The van der Waals surface area contributed by atoms with Crippen molar-refractivity contribution in [3.05, 3.63) is 0 Å². The summed E-state index contributed by atoms with van der Waals surface area (Å²) in [4.78, 5) is 7.25. The van der Waals surface area contributed by atoms with Crippen LogP contribution in [0.1, 0.15) is 6.42 Å². The monoisotopic (exact) mass is 363 g/mol. The van der Waals surface area contributed by atoms with Crippen molar-refractivity contribution in [2.45, 2.75) is 20.7 Å². The molecule has 0 aliphatic heterocycles. The van der Waals surface area contributed by atoms with E-state index in [0.29, 0.717) is 0 Å². The van der Waals surface area contributed by atoms with Crippen molar-refractivity contribution in [1.82, 2.24) is 4.90 Å². The van der Waals surface area contributed by atoms with E-state index in [1.807, 2.05) is 0 Å². The molecule has 0 aromatic rings. The third kappa shape index (κ3) is 9.49. The maximum atomic E-state index is 2.71. The van der Waals surface area contributed by atoms with Gasteiger partial charge < -0.3 is 0 Å². The van der Waals surface area contributed by atoms with Crippen LogP contribution >= 0.6 is 18.6 Å². The van der Waals surface area contributed by atoms with E-state index in [0.717, 1.165) is 0 Å². The normalized spacial score (nSPS) is 12.6. The fourth-order valence-electron chi connectivity index (χ4n) is 0.816. The van der Waals surface area contributed by atoms with Crippen LogP contribution in [0.4, 0.5) is 0 Å². The number of rotatable bonds is 4. The molecule has 3 heteroatoms. The van der Waals surface area contributed by atoms with Gasteiger partial charge in [-0.2, -0.15) is 0 Å². The third-order valence-corrected chi connectivity index (χ3v) is 9.40. The van der Waals surface area contributed by atoms with Crippen molar-refractivity contribution in [2.75, 3.05) is 20.6 Å². The zero-order valence-corrected chi connectivity index (χ0v) is 12.5. The van der Waals surface area contributed by atoms with E-state index in [4.69, 9.17) is 0 Å². The first kappa shape index (κ1) is 11.5. The molecule has 10 heavy (non-hydrogen) atoms. The van der Waals surface area contributed by atoms with Gasteiger partial charge in [-0.25, -0.2) is 0 Å². The molecule has 0 saturated carbocycles. The van der Waals surface area contributed by atoms with Gasteiger partial charge in [0.2, 0.25) is 0 Å². The molecule has 0 unspecified atom stereocenters. The van der Waals surface area contributed by atoms with E-state index in [-0.39, 0.29) is 0 Å². The Hall–Kier alpha value is 1.49. The van der Waals surface area contributed by atoms with E-state index in [2.05, 4.69) is 47.5 Å². The fourth-order valence-corrected chi connectivity index (χ4v) is 6.22. The predicted octanol–water partition coefficient (Wildman–Crippen LogP) is 2.58. The molecule has 0 aromatic carbocycles. The zero-order valence-electron chi connectivity index (χ0n) is 7.45. The summed E-state index contributed by atoms with van der Waals surface area (Å²) in [5.74, 6) is 0. The van der Waals surface area contributed by atoms with Crippen molar-refractivity contribution < 1.29 is 0 Å². The van der Waals surface area contributed by atoms with Gasteiger partial charge in [-0.1, -0.05) is 0 Å². The molecule has 0 spiro atoms. The molecular weight excluding hydrogens is 344 g/mol. The van der Waals surface area contributed by atoms with Crippen LogP contribution in [0.25, 0.3) is 0 Å². The minimum atomic E-state index is -1.43. The van der Waals surface area contributed by atoms with Gasteiger partial charge in [-0.15, -0.1) is 0 Å². The molecule has 0 rings (SSSR count). The van der Waals surface area contributed by atoms with Gasteiger partial charge in [0.1, 0.15) is 0 Å². The quantitative estimate of drug-likeness (QED) is 0.549. The van der Waals surface area contributed by atoms with Gasteiger partial charge >= 0.3 is 79.3 Å². The molecule has 0 heterocycles. The summed E-state index contributed by atoms with van der Waals surface area (Å²) in [6.07, 6.45) is 1.40. The Bertz CT molecular complexity index is 88.1. The van der Waals surface area contributed by atoms with Crippen molar-refractivity contribution in [2.24, 2.45) is 0 Å². The number of nitrogens with zero attached hydrogens (tertiary/aromatic N) is 1. The molecule has 0 N–H and O–H groups in total. The molecule has 0 aliphatic carbocycles. The topological polar surface area (TPSA) is 3.24 Å². The van der Waals surface area contributed by atoms with Gasteiger partial charge in [0.05, 0.1) is 0 Å². The Morgan fingerprint density at radius 2 is 1.80 bits per heavy atom. The molecular formula is C7H18INSn. The Balaban J connectivity index is 3.21. The first-order valence-corrected chi connectivity index (χ1v) is 19.8. The second-order valence-corrected chi connectivity index (χ2v) is 34.5. The second kappa shape index (κ2) is 5.19. The molecule has 62 valence electrons. The predicted molar refractivity (Wildman–Crippen MR) is 59.5 cm³/mol. The summed E-state index contributed by atoms with van der Waals surface area (Å²) in [6.45, 7) is 1.27. The van der Waals surface area contributed by atoms with Crippen molar-refractivity contribution >= 4 is 33.0 Å². The van der Waals surface area contributed by atoms with Crippen LogP contribution in [-0.4, -0.2) is 39.9 Å². The average Bonchev–Trinajstić information content (AvgIpc) is 1.59. The third-order valence-electron chi connectivity index (χ3n) is 1.38. The van der Waals surface area contributed by atoms with Gasteiger partial charge in [-0.3, -0.25) is 0 Å². The van der Waals surface area contributed by atoms with E-state index in [9.17, 15) is 0 Å². The molecule has 0 saturated heterocycles. The van der Waals surface area contributed by atoms with Crippen molar-refractivity contribution in [3.63, 3.8) is 0 Å². The van der Waals surface area contributed by atoms with Crippen LogP contribution < -0.4 is 0 Å². The Morgan fingerprint density at radius 3 is 2.10 bits per heavy atom. The second-order valence-electron chi connectivity index (χ2n) is 3.63. The minimum absolute atomic E-state index is 1.27. The molecule has 0 radical (unpaired) electrons. The van der Waals surface area contributed by atoms with Crippen molar-refractivity contribution in [3.8, 4) is 0 Å². The van der Waals surface area contributed by atoms with Gasteiger partial charge in [0.25, 0.3) is 0 Å². The van der Waals surface area contributed by atoms with Crippen LogP contribution in [0.3, 0.4) is 0 Å². The molecule has 0 bridgehead atoms. The van der Waals surface area contributed by atoms with Gasteiger partial charge in [-0.05, 0) is 0 Å². The molecule has 0 amide bonds. The van der Waals surface area contributed by atoms with Crippen molar-refractivity contribution in [1.29, 1.82) is 0 Å². The molecule has 0 fully saturated rings. The molecule has 0 aliphatic rings. The molecule has 0 aromatic heterocycles. The summed E-state index contributed by atoms with van der Waals surface area (Å²) in [7, 11) is 4.30. The van der Waals surface area contributed by atoms with Crippen LogP contribution in [0, 0.1) is 0 Å². The summed E-state index contributed by atoms with van der Waals surface area (Å²) in [6, 6.07) is 0. The molecule has 1 nitrogen and oxygen atoms in total. The zero-order chi connectivity index (χ0) is 8.20. The van der Waals surface area contributed by atoms with Gasteiger partial charge in [0.15, 0.2) is 0 Å². The summed E-state index contributed by atoms with van der Waals surface area (Å²) in [5.41, 5.74) is 0. The van der Waals surface area contributed by atoms with Gasteiger partial charge in [0, 0.05) is 0 Å². The molecule has 0 atom stereocenters. The summed E-state index contributed by atoms with van der Waals surface area (Å²) < 4.78 is 1.52. The SMILES string of the molecule is CN(C)CC[CH2][Sn]([CH3])([CH3])[I]. The van der Waals surface area contributed by atoms with E-state index >= 15 is 0 Å². The van der Waals surface area contributed by atoms with E-state index < -0.39 is 14.4 Å². The number of hydrogen-bond donors (Lipinski definition) is 0. The average molecular weight is 362 g/mol. The van der Waals surface area contributed by atoms with Crippen LogP contribution in [0.5, 0.6) is 0 Å². The summed E-state index contributed by atoms with van der Waals surface area (Å²) in [5, 5.41) is 0. The Labute approximate surface area is 78.6 Å². The number of hydrogen-bond acceptors (Lipinski definition) is 1. The fraction of sp³-hybridized carbons (Fsp3) is 1.00.